The van der Waals surface area contributed by atoms with Crippen LogP contribution in [0.1, 0.15) is 18.9 Å². The standard InChI is InChI=1S/C25H25N3OS/c1-19(29)27-22-10-13-23(14-11-22)30-24(17-28-16-15-26-18-28)12-9-21-7-4-6-20-5-2-3-8-25(20)21/h2-8,10-11,13-16,18,24H,9,12,17H2,1H3,(H,27,29). The Morgan fingerprint density at radius 3 is 2.63 bits per heavy atom. The number of aryl methyl sites for hydroxylation is 1. The number of hydrogen-bond donors (Lipinski definition) is 1. The van der Waals surface area contributed by atoms with Crippen molar-refractivity contribution >= 4 is 34.1 Å². The lowest BCUT2D eigenvalue weighted by Crippen LogP contribution is -2.13. The summed E-state index contributed by atoms with van der Waals surface area (Å²) in [6.45, 7) is 2.43. The van der Waals surface area contributed by atoms with Gasteiger partial charge in [-0.25, -0.2) is 4.98 Å². The molecule has 1 atom stereocenters. The van der Waals surface area contributed by atoms with Gasteiger partial charge in [-0.1, -0.05) is 42.5 Å². The van der Waals surface area contributed by atoms with Crippen LogP contribution in [0.15, 0.2) is 90.3 Å². The third-order valence-corrected chi connectivity index (χ3v) is 6.33. The second kappa shape index (κ2) is 9.63. The van der Waals surface area contributed by atoms with Gasteiger partial charge in [-0.3, -0.25) is 4.79 Å². The number of fused-ring (bicyclic) bond motifs is 1. The van der Waals surface area contributed by atoms with Gasteiger partial charge >= 0.3 is 0 Å². The van der Waals surface area contributed by atoms with E-state index in [1.165, 1.54) is 28.2 Å². The zero-order valence-corrected chi connectivity index (χ0v) is 17.8. The summed E-state index contributed by atoms with van der Waals surface area (Å²) in [7, 11) is 0. The molecule has 4 rings (SSSR count). The van der Waals surface area contributed by atoms with Crippen molar-refractivity contribution in [3.05, 3.63) is 91.0 Å². The van der Waals surface area contributed by atoms with Crippen LogP contribution < -0.4 is 5.32 Å². The number of benzene rings is 3. The fraction of sp³-hybridized carbons (Fsp3) is 0.200. The molecule has 3 aromatic carbocycles. The lowest BCUT2D eigenvalue weighted by atomic mass is 10.00. The number of carbonyl (C=O) groups is 1. The van der Waals surface area contributed by atoms with Crippen molar-refractivity contribution in [2.45, 2.75) is 36.5 Å². The summed E-state index contributed by atoms with van der Waals surface area (Å²) in [6, 6.07) is 23.2. The average molecular weight is 416 g/mol. The highest BCUT2D eigenvalue weighted by Crippen LogP contribution is 2.30. The number of amides is 1. The first kappa shape index (κ1) is 20.2. The van der Waals surface area contributed by atoms with Gasteiger partial charge in [-0.2, -0.15) is 0 Å². The topological polar surface area (TPSA) is 46.9 Å². The number of aromatic nitrogens is 2. The van der Waals surface area contributed by atoms with E-state index in [-0.39, 0.29) is 5.91 Å². The molecule has 1 aromatic heterocycles. The number of imidazole rings is 1. The van der Waals surface area contributed by atoms with Crippen molar-refractivity contribution in [3.8, 4) is 0 Å². The van der Waals surface area contributed by atoms with Crippen LogP contribution in [0, 0.1) is 0 Å². The largest absolute Gasteiger partial charge is 0.336 e. The molecule has 0 aliphatic heterocycles. The van der Waals surface area contributed by atoms with E-state index in [4.69, 9.17) is 0 Å². The maximum absolute atomic E-state index is 11.2. The Bertz CT molecular complexity index is 1100. The molecule has 0 saturated heterocycles. The zero-order valence-electron chi connectivity index (χ0n) is 17.0. The molecule has 0 spiro atoms. The monoisotopic (exact) mass is 415 g/mol. The molecule has 0 aliphatic carbocycles. The van der Waals surface area contributed by atoms with E-state index >= 15 is 0 Å². The van der Waals surface area contributed by atoms with Crippen LogP contribution in [0.2, 0.25) is 0 Å². The Balaban J connectivity index is 1.49. The van der Waals surface area contributed by atoms with Crippen molar-refractivity contribution < 1.29 is 4.79 Å². The van der Waals surface area contributed by atoms with Gasteiger partial charge < -0.3 is 9.88 Å². The van der Waals surface area contributed by atoms with E-state index in [1.54, 1.807) is 0 Å². The minimum absolute atomic E-state index is 0.0523. The van der Waals surface area contributed by atoms with Gasteiger partial charge in [0, 0.05) is 41.7 Å². The molecule has 4 aromatic rings. The fourth-order valence-corrected chi connectivity index (χ4v) is 4.82. The zero-order chi connectivity index (χ0) is 20.8. The number of hydrogen-bond acceptors (Lipinski definition) is 3. The molecule has 5 heteroatoms. The number of carbonyl (C=O) groups excluding carboxylic acids is 1. The summed E-state index contributed by atoms with van der Waals surface area (Å²) < 4.78 is 2.15. The summed E-state index contributed by atoms with van der Waals surface area (Å²) in [5.41, 5.74) is 2.22. The smallest absolute Gasteiger partial charge is 0.221 e. The van der Waals surface area contributed by atoms with Gasteiger partial charge in [0.2, 0.25) is 5.91 Å². The van der Waals surface area contributed by atoms with Crippen LogP contribution in [0.25, 0.3) is 10.8 Å². The number of thioether (sulfide) groups is 1. The Morgan fingerprint density at radius 2 is 1.87 bits per heavy atom. The van der Waals surface area contributed by atoms with E-state index < -0.39 is 0 Å². The SMILES string of the molecule is CC(=O)Nc1ccc(SC(CCc2cccc3ccccc23)Cn2ccnc2)cc1. The highest BCUT2D eigenvalue weighted by atomic mass is 32.2. The molecule has 1 N–H and O–H groups in total. The van der Waals surface area contributed by atoms with Gasteiger partial charge in [0.25, 0.3) is 0 Å². The molecule has 4 nitrogen and oxygen atoms in total. The van der Waals surface area contributed by atoms with Crippen molar-refractivity contribution in [1.29, 1.82) is 0 Å². The quantitative estimate of drug-likeness (QED) is 0.371. The first-order chi connectivity index (χ1) is 14.7. The van der Waals surface area contributed by atoms with Crippen LogP contribution >= 0.6 is 11.8 Å². The molecule has 1 unspecified atom stereocenters. The number of rotatable bonds is 8. The molecule has 152 valence electrons. The van der Waals surface area contributed by atoms with E-state index in [2.05, 4.69) is 69.5 Å². The predicted molar refractivity (Wildman–Crippen MR) is 125 cm³/mol. The number of nitrogens with zero attached hydrogens (tertiary/aromatic N) is 2. The van der Waals surface area contributed by atoms with Crippen LogP contribution in [-0.4, -0.2) is 20.7 Å². The lowest BCUT2D eigenvalue weighted by Gasteiger charge is -2.18. The summed E-state index contributed by atoms with van der Waals surface area (Å²) >= 11 is 1.88. The maximum atomic E-state index is 11.2. The second-order valence-corrected chi connectivity index (χ2v) is 8.76. The van der Waals surface area contributed by atoms with E-state index in [0.29, 0.717) is 5.25 Å². The highest BCUT2D eigenvalue weighted by molar-refractivity contribution is 8.00. The van der Waals surface area contributed by atoms with E-state index in [0.717, 1.165) is 25.1 Å². The summed E-state index contributed by atoms with van der Waals surface area (Å²) in [5.74, 6) is -0.0523. The Hall–Kier alpha value is -3.05. The van der Waals surface area contributed by atoms with Gasteiger partial charge in [-0.05, 0) is 53.4 Å². The second-order valence-electron chi connectivity index (χ2n) is 7.38. The van der Waals surface area contributed by atoms with Gasteiger partial charge in [-0.15, -0.1) is 11.8 Å². The molecule has 1 amide bonds. The molecule has 1 heterocycles. The van der Waals surface area contributed by atoms with Crippen LogP contribution in [-0.2, 0) is 17.8 Å². The van der Waals surface area contributed by atoms with Crippen molar-refractivity contribution in [2.24, 2.45) is 0 Å². The van der Waals surface area contributed by atoms with Crippen LogP contribution in [0.3, 0.4) is 0 Å². The Kier molecular flexibility index (Phi) is 6.50. The molecule has 0 radical (unpaired) electrons. The molecule has 0 aliphatic rings. The van der Waals surface area contributed by atoms with Crippen molar-refractivity contribution in [3.63, 3.8) is 0 Å². The third kappa shape index (κ3) is 5.30. The molecule has 0 bridgehead atoms. The number of nitrogens with one attached hydrogen (secondary N) is 1. The first-order valence-electron chi connectivity index (χ1n) is 10.1. The van der Waals surface area contributed by atoms with Gasteiger partial charge in [0.05, 0.1) is 6.33 Å². The Morgan fingerprint density at radius 1 is 1.07 bits per heavy atom. The third-order valence-electron chi connectivity index (χ3n) is 5.07. The van der Waals surface area contributed by atoms with Gasteiger partial charge in [0.1, 0.15) is 0 Å². The summed E-state index contributed by atoms with van der Waals surface area (Å²) in [5, 5.41) is 5.86. The summed E-state index contributed by atoms with van der Waals surface area (Å²) in [4.78, 5) is 16.6. The van der Waals surface area contributed by atoms with E-state index in [1.807, 2.05) is 42.6 Å². The average Bonchev–Trinajstić information content (AvgIpc) is 3.26. The first-order valence-corrected chi connectivity index (χ1v) is 11.0. The Labute approximate surface area is 181 Å². The predicted octanol–water partition coefficient (Wildman–Crippen LogP) is 5.79. The minimum Gasteiger partial charge on any atom is -0.336 e. The number of anilines is 1. The summed E-state index contributed by atoms with van der Waals surface area (Å²) in [6.07, 6.45) is 7.81. The highest BCUT2D eigenvalue weighted by Gasteiger charge is 2.13. The maximum Gasteiger partial charge on any atom is 0.221 e. The van der Waals surface area contributed by atoms with E-state index in [9.17, 15) is 4.79 Å². The van der Waals surface area contributed by atoms with Crippen molar-refractivity contribution in [2.75, 3.05) is 5.32 Å². The molecule has 30 heavy (non-hydrogen) atoms. The molecular formula is C25H25N3OS. The fourth-order valence-electron chi connectivity index (χ4n) is 3.66. The molecule has 0 saturated carbocycles. The van der Waals surface area contributed by atoms with Crippen LogP contribution in [0.5, 0.6) is 0 Å². The molecule has 0 fully saturated rings. The van der Waals surface area contributed by atoms with Crippen molar-refractivity contribution in [1.82, 2.24) is 9.55 Å². The van der Waals surface area contributed by atoms with Gasteiger partial charge in [0.15, 0.2) is 0 Å². The lowest BCUT2D eigenvalue weighted by molar-refractivity contribution is -0.114. The minimum atomic E-state index is -0.0523. The molecular weight excluding hydrogens is 390 g/mol. The normalized spacial score (nSPS) is 12.0. The van der Waals surface area contributed by atoms with Crippen LogP contribution in [0.4, 0.5) is 5.69 Å².